The maximum absolute atomic E-state index is 13.8. The Morgan fingerprint density at radius 2 is 1.70 bits per heavy atom. The molecule has 0 bridgehead atoms. The lowest BCUT2D eigenvalue weighted by atomic mass is 9.79. The minimum absolute atomic E-state index is 0.0338. The fourth-order valence-corrected chi connectivity index (χ4v) is 4.00. The van der Waals surface area contributed by atoms with Crippen molar-refractivity contribution in [2.24, 2.45) is 5.92 Å². The van der Waals surface area contributed by atoms with Gasteiger partial charge in [0.2, 0.25) is 0 Å². The van der Waals surface area contributed by atoms with Crippen LogP contribution in [0.2, 0.25) is 0 Å². The second-order valence-electron chi connectivity index (χ2n) is 7.96. The highest BCUT2D eigenvalue weighted by molar-refractivity contribution is 6.00. The summed E-state index contributed by atoms with van der Waals surface area (Å²) in [6, 6.07) is 13.3. The van der Waals surface area contributed by atoms with Crippen molar-refractivity contribution in [1.29, 1.82) is 0 Å². The van der Waals surface area contributed by atoms with Crippen molar-refractivity contribution in [3.05, 3.63) is 99.9 Å². The topological polar surface area (TPSA) is 52.6 Å². The van der Waals surface area contributed by atoms with E-state index >= 15 is 0 Å². The minimum Gasteiger partial charge on any atom is -0.489 e. The van der Waals surface area contributed by atoms with Gasteiger partial charge < -0.3 is 9.47 Å². The van der Waals surface area contributed by atoms with Crippen LogP contribution in [-0.4, -0.2) is 18.9 Å². The zero-order valence-electron chi connectivity index (χ0n) is 17.9. The van der Waals surface area contributed by atoms with Crippen LogP contribution in [0.5, 0.6) is 5.75 Å². The van der Waals surface area contributed by atoms with E-state index in [1.54, 1.807) is 30.3 Å². The van der Waals surface area contributed by atoms with Crippen LogP contribution in [0.25, 0.3) is 0 Å². The second kappa shape index (κ2) is 9.48. The number of hydrogen-bond donors (Lipinski definition) is 0. The molecule has 1 atom stereocenters. The third-order valence-corrected chi connectivity index (χ3v) is 5.82. The van der Waals surface area contributed by atoms with Crippen LogP contribution in [0.4, 0.5) is 13.2 Å². The van der Waals surface area contributed by atoms with Crippen LogP contribution in [-0.2, 0) is 24.2 Å². The van der Waals surface area contributed by atoms with Gasteiger partial charge in [0.1, 0.15) is 18.2 Å². The molecule has 4 rings (SSSR count). The molecule has 4 nitrogen and oxygen atoms in total. The Morgan fingerprint density at radius 3 is 2.42 bits per heavy atom. The average Bonchev–Trinajstić information content (AvgIpc) is 2.82. The van der Waals surface area contributed by atoms with Crippen molar-refractivity contribution in [3.63, 3.8) is 0 Å². The smallest absolute Gasteiger partial charge is 0.337 e. The van der Waals surface area contributed by atoms with Crippen molar-refractivity contribution >= 4 is 11.8 Å². The summed E-state index contributed by atoms with van der Waals surface area (Å²) in [6.07, 6.45) is 1.89. The molecule has 1 aliphatic rings. The third-order valence-electron chi connectivity index (χ3n) is 5.82. The van der Waals surface area contributed by atoms with E-state index in [1.807, 2.05) is 12.1 Å². The summed E-state index contributed by atoms with van der Waals surface area (Å²) in [5.41, 5.74) is 2.76. The second-order valence-corrected chi connectivity index (χ2v) is 7.96. The average molecular weight is 454 g/mol. The molecule has 1 unspecified atom stereocenters. The van der Waals surface area contributed by atoms with E-state index in [0.29, 0.717) is 42.2 Å². The van der Waals surface area contributed by atoms with Gasteiger partial charge in [0, 0.05) is 23.1 Å². The van der Waals surface area contributed by atoms with Gasteiger partial charge in [-0.2, -0.15) is 0 Å². The molecule has 0 saturated heterocycles. The highest BCUT2D eigenvalue weighted by Crippen LogP contribution is 2.31. The molecule has 33 heavy (non-hydrogen) atoms. The summed E-state index contributed by atoms with van der Waals surface area (Å²) >= 11 is 0. The molecule has 170 valence electrons. The van der Waals surface area contributed by atoms with E-state index in [2.05, 4.69) is 0 Å². The number of carbonyl (C=O) groups is 2. The Bertz CT molecular complexity index is 1200. The summed E-state index contributed by atoms with van der Waals surface area (Å²) in [5, 5.41) is 0. The summed E-state index contributed by atoms with van der Waals surface area (Å²) in [4.78, 5) is 24.6. The van der Waals surface area contributed by atoms with Crippen LogP contribution in [0.3, 0.4) is 0 Å². The molecule has 1 aliphatic carbocycles. The lowest BCUT2D eigenvalue weighted by Gasteiger charge is -2.24. The molecule has 7 heteroatoms. The Balaban J connectivity index is 1.42. The van der Waals surface area contributed by atoms with Crippen LogP contribution in [0, 0.1) is 23.4 Å². The molecule has 0 spiro atoms. The Kier molecular flexibility index (Phi) is 6.49. The number of ether oxygens (including phenoxy) is 2. The zero-order valence-corrected chi connectivity index (χ0v) is 17.9. The van der Waals surface area contributed by atoms with E-state index < -0.39 is 23.4 Å². The Morgan fingerprint density at radius 1 is 0.970 bits per heavy atom. The van der Waals surface area contributed by atoms with Gasteiger partial charge in [-0.15, -0.1) is 0 Å². The predicted molar refractivity (Wildman–Crippen MR) is 115 cm³/mol. The van der Waals surface area contributed by atoms with Crippen LogP contribution < -0.4 is 4.74 Å². The van der Waals surface area contributed by atoms with Crippen molar-refractivity contribution in [2.75, 3.05) is 7.11 Å². The molecule has 0 aliphatic heterocycles. The first-order chi connectivity index (χ1) is 15.9. The number of halogens is 3. The highest BCUT2D eigenvalue weighted by atomic mass is 19.2. The van der Waals surface area contributed by atoms with Gasteiger partial charge in [0.05, 0.1) is 12.7 Å². The lowest BCUT2D eigenvalue weighted by molar-refractivity contribution is 0.0600. The molecule has 3 aromatic rings. The first-order valence-corrected chi connectivity index (χ1v) is 10.5. The van der Waals surface area contributed by atoms with E-state index in [9.17, 15) is 22.8 Å². The molecule has 0 fully saturated rings. The van der Waals surface area contributed by atoms with Gasteiger partial charge in [-0.3, -0.25) is 4.79 Å². The van der Waals surface area contributed by atoms with E-state index in [-0.39, 0.29) is 23.9 Å². The number of carbonyl (C=O) groups excluding carboxylic acids is 2. The number of hydrogen-bond acceptors (Lipinski definition) is 4. The number of ketones is 1. The van der Waals surface area contributed by atoms with E-state index in [0.717, 1.165) is 17.2 Å². The van der Waals surface area contributed by atoms with Crippen LogP contribution >= 0.6 is 0 Å². The van der Waals surface area contributed by atoms with Crippen LogP contribution in [0.15, 0.2) is 54.6 Å². The normalized spacial score (nSPS) is 15.2. The quantitative estimate of drug-likeness (QED) is 0.367. The number of esters is 1. The van der Waals surface area contributed by atoms with Gasteiger partial charge in [-0.25, -0.2) is 18.0 Å². The van der Waals surface area contributed by atoms with Gasteiger partial charge in [-0.05, 0) is 66.8 Å². The Hall–Kier alpha value is -3.61. The number of aryl methyl sites for hydroxylation is 1. The first-order valence-electron chi connectivity index (χ1n) is 10.5. The first kappa shape index (κ1) is 22.6. The standard InChI is InChI=1S/C26H21F3O4/c1-32-26(31)16-4-2-15(3-5-16)10-18-7-6-17-11-20(8-9-21(17)25(18)30)33-14-19-12-23(28)24(29)13-22(19)27/h2-5,8-9,11-13,18H,6-7,10,14H2,1H3. The Labute approximate surface area is 189 Å². The number of methoxy groups -OCH3 is 1. The summed E-state index contributed by atoms with van der Waals surface area (Å²) < 4.78 is 50.5. The summed E-state index contributed by atoms with van der Waals surface area (Å²) in [7, 11) is 1.33. The molecule has 0 aromatic heterocycles. The molecule has 0 radical (unpaired) electrons. The molecule has 0 heterocycles. The predicted octanol–water partition coefficient (Wildman–Crippen LogP) is 5.46. The van der Waals surface area contributed by atoms with Crippen molar-refractivity contribution in [3.8, 4) is 5.75 Å². The number of Topliss-reactive ketones (excluding diaryl/α,β-unsaturated/α-hetero) is 1. The molecule has 3 aromatic carbocycles. The number of fused-ring (bicyclic) bond motifs is 1. The van der Waals surface area contributed by atoms with Crippen molar-refractivity contribution < 1.29 is 32.2 Å². The fraction of sp³-hybridized carbons (Fsp3) is 0.231. The number of benzene rings is 3. The fourth-order valence-electron chi connectivity index (χ4n) is 4.00. The molecular weight excluding hydrogens is 433 g/mol. The minimum atomic E-state index is -1.25. The van der Waals surface area contributed by atoms with Gasteiger partial charge in [0.25, 0.3) is 0 Å². The number of rotatable bonds is 6. The van der Waals surface area contributed by atoms with E-state index in [1.165, 1.54) is 7.11 Å². The molecule has 0 N–H and O–H groups in total. The van der Waals surface area contributed by atoms with Crippen molar-refractivity contribution in [2.45, 2.75) is 25.9 Å². The lowest BCUT2D eigenvalue weighted by Crippen LogP contribution is -2.24. The maximum Gasteiger partial charge on any atom is 0.337 e. The van der Waals surface area contributed by atoms with Crippen LogP contribution in [0.1, 0.15) is 43.8 Å². The maximum atomic E-state index is 13.8. The molecule has 0 amide bonds. The highest BCUT2D eigenvalue weighted by Gasteiger charge is 2.28. The van der Waals surface area contributed by atoms with Gasteiger partial charge in [-0.1, -0.05) is 12.1 Å². The third kappa shape index (κ3) is 4.92. The van der Waals surface area contributed by atoms with E-state index in [4.69, 9.17) is 9.47 Å². The zero-order chi connectivity index (χ0) is 23.5. The van der Waals surface area contributed by atoms with Crippen molar-refractivity contribution in [1.82, 2.24) is 0 Å². The molecular formula is C26H21F3O4. The van der Waals surface area contributed by atoms with Gasteiger partial charge in [0.15, 0.2) is 17.4 Å². The SMILES string of the molecule is COC(=O)c1ccc(CC2CCc3cc(OCc4cc(F)c(F)cc4F)ccc3C2=O)cc1. The monoisotopic (exact) mass is 454 g/mol. The summed E-state index contributed by atoms with van der Waals surface area (Å²) in [6.45, 7) is -0.264. The van der Waals surface area contributed by atoms with Gasteiger partial charge >= 0.3 is 5.97 Å². The molecule has 0 saturated carbocycles. The summed E-state index contributed by atoms with van der Waals surface area (Å²) in [5.74, 6) is -3.41. The largest absolute Gasteiger partial charge is 0.489 e.